The molecule has 3 rings (SSSR count). The van der Waals surface area contributed by atoms with Crippen LogP contribution in [0.25, 0.3) is 5.65 Å². The highest BCUT2D eigenvalue weighted by molar-refractivity contribution is 5.61. The summed E-state index contributed by atoms with van der Waals surface area (Å²) in [4.78, 5) is 28.7. The Labute approximate surface area is 119 Å². The quantitative estimate of drug-likeness (QED) is 0.640. The Morgan fingerprint density at radius 1 is 1.43 bits per heavy atom. The van der Waals surface area contributed by atoms with Gasteiger partial charge in [0.25, 0.3) is 0 Å². The van der Waals surface area contributed by atoms with Crippen LogP contribution in [0.1, 0.15) is 12.8 Å². The fourth-order valence-corrected chi connectivity index (χ4v) is 2.60. The van der Waals surface area contributed by atoms with Crippen LogP contribution in [0.2, 0.25) is 0 Å². The summed E-state index contributed by atoms with van der Waals surface area (Å²) in [5.41, 5.74) is -0.906. The molecule has 1 unspecified atom stereocenters. The van der Waals surface area contributed by atoms with E-state index in [0.29, 0.717) is 25.0 Å². The van der Waals surface area contributed by atoms with E-state index in [0.717, 1.165) is 4.40 Å². The van der Waals surface area contributed by atoms with Gasteiger partial charge in [0.05, 0.1) is 11.0 Å². The van der Waals surface area contributed by atoms with Gasteiger partial charge in [0.2, 0.25) is 5.82 Å². The molecule has 0 amide bonds. The average Bonchev–Trinajstić information content (AvgIpc) is 2.46. The highest BCUT2D eigenvalue weighted by atomic mass is 16.6. The van der Waals surface area contributed by atoms with Crippen molar-refractivity contribution in [2.75, 3.05) is 18.0 Å². The minimum atomic E-state index is -0.708. The van der Waals surface area contributed by atoms with Crippen LogP contribution in [0.5, 0.6) is 0 Å². The van der Waals surface area contributed by atoms with Gasteiger partial charge in [-0.05, 0) is 25.0 Å². The molecule has 1 atom stereocenters. The zero-order chi connectivity index (χ0) is 15.0. The van der Waals surface area contributed by atoms with Gasteiger partial charge in [0.1, 0.15) is 5.65 Å². The Hall–Kier alpha value is -2.48. The molecule has 0 radical (unpaired) electrons. The SMILES string of the molecule is O=c1c([N+](=O)[O-])c(N2CCCC(O)C2)nc2ccccn12. The van der Waals surface area contributed by atoms with Gasteiger partial charge >= 0.3 is 11.2 Å². The molecule has 0 aromatic carbocycles. The van der Waals surface area contributed by atoms with Crippen molar-refractivity contribution in [3.05, 3.63) is 44.9 Å². The van der Waals surface area contributed by atoms with Crippen LogP contribution >= 0.6 is 0 Å². The summed E-state index contributed by atoms with van der Waals surface area (Å²) in [6.45, 7) is 0.781. The average molecular weight is 290 g/mol. The monoisotopic (exact) mass is 290 g/mol. The minimum absolute atomic E-state index is 0.0370. The first-order valence-electron chi connectivity index (χ1n) is 6.66. The number of aromatic nitrogens is 2. The van der Waals surface area contributed by atoms with E-state index in [-0.39, 0.29) is 12.4 Å². The third-order valence-electron chi connectivity index (χ3n) is 3.57. The van der Waals surface area contributed by atoms with Crippen LogP contribution in [0, 0.1) is 10.1 Å². The largest absolute Gasteiger partial charge is 0.391 e. The van der Waals surface area contributed by atoms with Crippen LogP contribution in [0.3, 0.4) is 0 Å². The molecular formula is C13H14N4O4. The fraction of sp³-hybridized carbons (Fsp3) is 0.385. The zero-order valence-electron chi connectivity index (χ0n) is 11.2. The minimum Gasteiger partial charge on any atom is -0.391 e. The third-order valence-corrected chi connectivity index (χ3v) is 3.57. The van der Waals surface area contributed by atoms with Crippen molar-refractivity contribution in [1.82, 2.24) is 9.38 Å². The van der Waals surface area contributed by atoms with Gasteiger partial charge in [-0.3, -0.25) is 19.3 Å². The number of rotatable bonds is 2. The predicted molar refractivity (Wildman–Crippen MR) is 75.6 cm³/mol. The topological polar surface area (TPSA) is 101 Å². The summed E-state index contributed by atoms with van der Waals surface area (Å²) in [5, 5.41) is 21.0. The van der Waals surface area contributed by atoms with E-state index >= 15 is 0 Å². The molecular weight excluding hydrogens is 276 g/mol. The molecule has 2 aromatic heterocycles. The van der Waals surface area contributed by atoms with Crippen molar-refractivity contribution < 1.29 is 10.0 Å². The Morgan fingerprint density at radius 3 is 2.95 bits per heavy atom. The number of aliphatic hydroxyl groups excluding tert-OH is 1. The molecule has 2 aromatic rings. The molecule has 110 valence electrons. The third kappa shape index (κ3) is 2.33. The van der Waals surface area contributed by atoms with Gasteiger partial charge in [0.15, 0.2) is 0 Å². The second-order valence-electron chi connectivity index (χ2n) is 5.02. The smallest absolute Gasteiger partial charge is 0.376 e. The molecule has 1 fully saturated rings. The maximum atomic E-state index is 12.3. The van der Waals surface area contributed by atoms with E-state index in [1.807, 2.05) is 0 Å². The first-order chi connectivity index (χ1) is 10.1. The summed E-state index contributed by atoms with van der Waals surface area (Å²) < 4.78 is 1.15. The molecule has 0 aliphatic carbocycles. The summed E-state index contributed by atoms with van der Waals surface area (Å²) in [7, 11) is 0. The number of nitrogens with zero attached hydrogens (tertiary/aromatic N) is 4. The number of pyridine rings is 1. The number of hydrogen-bond donors (Lipinski definition) is 1. The van der Waals surface area contributed by atoms with Crippen molar-refractivity contribution in [2.45, 2.75) is 18.9 Å². The molecule has 0 saturated carbocycles. The number of anilines is 1. The lowest BCUT2D eigenvalue weighted by molar-refractivity contribution is -0.385. The second-order valence-corrected chi connectivity index (χ2v) is 5.02. The van der Waals surface area contributed by atoms with Crippen molar-refractivity contribution in [3.63, 3.8) is 0 Å². The molecule has 1 aliphatic rings. The molecule has 1 aliphatic heterocycles. The molecule has 8 nitrogen and oxygen atoms in total. The van der Waals surface area contributed by atoms with E-state index in [4.69, 9.17) is 0 Å². The van der Waals surface area contributed by atoms with Crippen molar-refractivity contribution in [2.24, 2.45) is 0 Å². The number of nitro groups is 1. The number of hydrogen-bond acceptors (Lipinski definition) is 6. The zero-order valence-corrected chi connectivity index (χ0v) is 11.2. The van der Waals surface area contributed by atoms with Gasteiger partial charge in [-0.2, -0.15) is 0 Å². The first kappa shape index (κ1) is 13.5. The highest BCUT2D eigenvalue weighted by Gasteiger charge is 2.30. The summed E-state index contributed by atoms with van der Waals surface area (Å²) in [6.07, 6.45) is 2.24. The Bertz CT molecular complexity index is 757. The van der Waals surface area contributed by atoms with Crippen LogP contribution in [0.15, 0.2) is 29.2 Å². The van der Waals surface area contributed by atoms with E-state index in [1.54, 1.807) is 23.1 Å². The van der Waals surface area contributed by atoms with E-state index < -0.39 is 22.3 Å². The van der Waals surface area contributed by atoms with Crippen molar-refractivity contribution in [3.8, 4) is 0 Å². The standard InChI is InChI=1S/C13H14N4O4/c18-9-4-3-6-15(8-9)12-11(17(20)21)13(19)16-7-2-1-5-10(16)14-12/h1-2,5,7,9,18H,3-4,6,8H2. The number of fused-ring (bicyclic) bond motifs is 1. The molecule has 21 heavy (non-hydrogen) atoms. The Kier molecular flexibility index (Phi) is 3.30. The van der Waals surface area contributed by atoms with Crippen LogP contribution < -0.4 is 10.5 Å². The lowest BCUT2D eigenvalue weighted by atomic mass is 10.1. The van der Waals surface area contributed by atoms with Gasteiger partial charge in [-0.1, -0.05) is 6.07 Å². The molecule has 3 heterocycles. The highest BCUT2D eigenvalue weighted by Crippen LogP contribution is 2.25. The maximum Gasteiger partial charge on any atom is 0.376 e. The van der Waals surface area contributed by atoms with Gasteiger partial charge < -0.3 is 10.0 Å². The molecule has 0 bridgehead atoms. The summed E-state index contributed by atoms with van der Waals surface area (Å²) in [6, 6.07) is 4.95. The predicted octanol–water partition coefficient (Wildman–Crippen LogP) is 0.564. The molecule has 0 spiro atoms. The summed E-state index contributed by atoms with van der Waals surface area (Å²) in [5.74, 6) is 0.0370. The molecule has 1 saturated heterocycles. The lowest BCUT2D eigenvalue weighted by Crippen LogP contribution is -2.40. The normalized spacial score (nSPS) is 18.9. The second kappa shape index (κ2) is 5.13. The van der Waals surface area contributed by atoms with Gasteiger partial charge in [-0.15, -0.1) is 0 Å². The van der Waals surface area contributed by atoms with Crippen LogP contribution in [-0.2, 0) is 0 Å². The van der Waals surface area contributed by atoms with E-state index in [9.17, 15) is 20.0 Å². The Morgan fingerprint density at radius 2 is 2.24 bits per heavy atom. The summed E-state index contributed by atoms with van der Waals surface area (Å²) >= 11 is 0. The lowest BCUT2D eigenvalue weighted by Gasteiger charge is -2.30. The van der Waals surface area contributed by atoms with Gasteiger partial charge in [-0.25, -0.2) is 4.98 Å². The van der Waals surface area contributed by atoms with Crippen LogP contribution in [-0.4, -0.2) is 38.6 Å². The fourth-order valence-electron chi connectivity index (χ4n) is 2.60. The van der Waals surface area contributed by atoms with E-state index in [2.05, 4.69) is 4.98 Å². The van der Waals surface area contributed by atoms with E-state index in [1.165, 1.54) is 6.20 Å². The van der Waals surface area contributed by atoms with Crippen molar-refractivity contribution in [1.29, 1.82) is 0 Å². The number of piperidine rings is 1. The first-order valence-corrected chi connectivity index (χ1v) is 6.66. The van der Waals surface area contributed by atoms with Crippen molar-refractivity contribution >= 4 is 17.2 Å². The Balaban J connectivity index is 2.23. The van der Waals surface area contributed by atoms with Crippen LogP contribution in [0.4, 0.5) is 11.5 Å². The molecule has 8 heteroatoms. The number of β-amino-alcohol motifs (C(OH)–C–C–N with tert-alkyl or cyclic N) is 1. The molecule has 1 N–H and O–H groups in total. The maximum absolute atomic E-state index is 12.3. The van der Waals surface area contributed by atoms with Gasteiger partial charge in [0, 0.05) is 19.3 Å². The number of aliphatic hydroxyl groups is 1.